The SMILES string of the molecule is Fc1ccc(Nc2c(-c3ccncc3F)nc3scc(-c4ccccc4)n23)cc1. The van der Waals surface area contributed by atoms with Gasteiger partial charge in [0.25, 0.3) is 0 Å². The molecule has 0 aliphatic carbocycles. The molecule has 7 heteroatoms. The van der Waals surface area contributed by atoms with E-state index < -0.39 is 5.82 Å². The number of aromatic nitrogens is 3. The van der Waals surface area contributed by atoms with Crippen LogP contribution in [0.3, 0.4) is 0 Å². The molecule has 2 aromatic carbocycles. The Morgan fingerprint density at radius 3 is 2.48 bits per heavy atom. The van der Waals surface area contributed by atoms with Crippen molar-refractivity contribution in [3.63, 3.8) is 0 Å². The number of pyridine rings is 1. The predicted molar refractivity (Wildman–Crippen MR) is 111 cm³/mol. The molecule has 1 N–H and O–H groups in total. The fourth-order valence-electron chi connectivity index (χ4n) is 3.21. The number of fused-ring (bicyclic) bond motifs is 1. The van der Waals surface area contributed by atoms with Gasteiger partial charge < -0.3 is 5.32 Å². The molecule has 0 spiro atoms. The first-order chi connectivity index (χ1) is 14.2. The van der Waals surface area contributed by atoms with E-state index in [-0.39, 0.29) is 5.82 Å². The summed E-state index contributed by atoms with van der Waals surface area (Å²) in [4.78, 5) is 9.23. The Balaban J connectivity index is 1.75. The number of thiazole rings is 1. The number of nitrogens with zero attached hydrogens (tertiary/aromatic N) is 3. The smallest absolute Gasteiger partial charge is 0.196 e. The van der Waals surface area contributed by atoms with E-state index in [1.54, 1.807) is 18.2 Å². The van der Waals surface area contributed by atoms with Crippen LogP contribution in [0.25, 0.3) is 27.5 Å². The molecule has 5 aromatic rings. The molecule has 0 aliphatic rings. The lowest BCUT2D eigenvalue weighted by molar-refractivity contribution is 0.624. The lowest BCUT2D eigenvalue weighted by Gasteiger charge is -2.11. The highest BCUT2D eigenvalue weighted by molar-refractivity contribution is 7.15. The van der Waals surface area contributed by atoms with Crippen LogP contribution in [0.5, 0.6) is 0 Å². The molecule has 0 amide bonds. The highest BCUT2D eigenvalue weighted by atomic mass is 32.1. The van der Waals surface area contributed by atoms with Crippen molar-refractivity contribution in [2.75, 3.05) is 5.32 Å². The largest absolute Gasteiger partial charge is 0.339 e. The zero-order valence-corrected chi connectivity index (χ0v) is 15.8. The van der Waals surface area contributed by atoms with Gasteiger partial charge in [0.2, 0.25) is 0 Å². The van der Waals surface area contributed by atoms with E-state index in [1.807, 2.05) is 40.1 Å². The highest BCUT2D eigenvalue weighted by Crippen LogP contribution is 2.38. The number of hydrogen-bond donors (Lipinski definition) is 1. The van der Waals surface area contributed by atoms with Gasteiger partial charge in [-0.3, -0.25) is 9.38 Å². The van der Waals surface area contributed by atoms with Crippen LogP contribution in [0.15, 0.2) is 78.4 Å². The summed E-state index contributed by atoms with van der Waals surface area (Å²) in [6.07, 6.45) is 2.70. The van der Waals surface area contributed by atoms with E-state index in [9.17, 15) is 8.78 Å². The third-order valence-corrected chi connectivity index (χ3v) is 5.39. The van der Waals surface area contributed by atoms with E-state index >= 15 is 0 Å². The van der Waals surface area contributed by atoms with Crippen molar-refractivity contribution in [1.29, 1.82) is 0 Å². The summed E-state index contributed by atoms with van der Waals surface area (Å²) in [5, 5.41) is 5.31. The van der Waals surface area contributed by atoms with Crippen LogP contribution in [0.4, 0.5) is 20.3 Å². The Labute approximate surface area is 169 Å². The van der Waals surface area contributed by atoms with Gasteiger partial charge in [0.15, 0.2) is 10.8 Å². The molecule has 0 saturated carbocycles. The summed E-state index contributed by atoms with van der Waals surface area (Å²) in [5.74, 6) is -0.173. The molecule has 0 unspecified atom stereocenters. The lowest BCUT2D eigenvalue weighted by Crippen LogP contribution is -1.99. The minimum Gasteiger partial charge on any atom is -0.339 e. The Hall–Kier alpha value is -3.58. The average Bonchev–Trinajstić information content (AvgIpc) is 3.31. The molecular formula is C22H14F2N4S. The van der Waals surface area contributed by atoms with Crippen LogP contribution >= 0.6 is 11.3 Å². The van der Waals surface area contributed by atoms with Crippen LogP contribution in [-0.2, 0) is 0 Å². The highest BCUT2D eigenvalue weighted by Gasteiger charge is 2.21. The molecule has 3 aromatic heterocycles. The summed E-state index contributed by atoms with van der Waals surface area (Å²) in [6, 6.07) is 17.5. The van der Waals surface area contributed by atoms with Crippen molar-refractivity contribution in [2.45, 2.75) is 0 Å². The molecule has 0 bridgehead atoms. The van der Waals surface area contributed by atoms with Gasteiger partial charge in [0.1, 0.15) is 17.3 Å². The van der Waals surface area contributed by atoms with Crippen LogP contribution in [0.1, 0.15) is 0 Å². The van der Waals surface area contributed by atoms with E-state index in [0.717, 1.165) is 16.2 Å². The second kappa shape index (κ2) is 7.10. The Morgan fingerprint density at radius 2 is 1.72 bits per heavy atom. The second-order valence-corrected chi connectivity index (χ2v) is 7.24. The van der Waals surface area contributed by atoms with Gasteiger partial charge in [-0.15, -0.1) is 11.3 Å². The maximum Gasteiger partial charge on any atom is 0.196 e. The second-order valence-electron chi connectivity index (χ2n) is 6.40. The molecule has 0 radical (unpaired) electrons. The zero-order valence-electron chi connectivity index (χ0n) is 15.0. The maximum absolute atomic E-state index is 14.5. The van der Waals surface area contributed by atoms with Crippen molar-refractivity contribution in [3.8, 4) is 22.5 Å². The number of anilines is 2. The minimum absolute atomic E-state index is 0.324. The Bertz CT molecular complexity index is 1290. The van der Waals surface area contributed by atoms with E-state index in [1.165, 1.54) is 35.9 Å². The Kier molecular flexibility index (Phi) is 4.29. The van der Waals surface area contributed by atoms with Gasteiger partial charge in [0.05, 0.1) is 11.9 Å². The molecule has 29 heavy (non-hydrogen) atoms. The predicted octanol–water partition coefficient (Wildman–Crippen LogP) is 6.15. The zero-order chi connectivity index (χ0) is 19.8. The number of imidazole rings is 1. The van der Waals surface area contributed by atoms with Crippen molar-refractivity contribution in [2.24, 2.45) is 0 Å². The molecule has 5 rings (SSSR count). The van der Waals surface area contributed by atoms with Crippen molar-refractivity contribution < 1.29 is 8.78 Å². The van der Waals surface area contributed by atoms with Gasteiger partial charge in [-0.05, 0) is 35.9 Å². The first-order valence-electron chi connectivity index (χ1n) is 8.88. The molecule has 0 atom stereocenters. The minimum atomic E-state index is -0.457. The summed E-state index contributed by atoms with van der Waals surface area (Å²) < 4.78 is 29.8. The van der Waals surface area contributed by atoms with Crippen molar-refractivity contribution in [3.05, 3.63) is 90.1 Å². The summed E-state index contributed by atoms with van der Waals surface area (Å²) in [5.41, 5.74) is 3.44. The van der Waals surface area contributed by atoms with E-state index in [4.69, 9.17) is 0 Å². The number of benzene rings is 2. The molecule has 142 valence electrons. The van der Waals surface area contributed by atoms with E-state index in [0.29, 0.717) is 22.8 Å². The molecule has 0 saturated heterocycles. The number of rotatable bonds is 4. The van der Waals surface area contributed by atoms with Gasteiger partial charge >= 0.3 is 0 Å². The molecular weight excluding hydrogens is 390 g/mol. The normalized spacial score (nSPS) is 11.1. The molecule has 4 nitrogen and oxygen atoms in total. The van der Waals surface area contributed by atoms with Crippen LogP contribution < -0.4 is 5.32 Å². The van der Waals surface area contributed by atoms with Crippen molar-refractivity contribution in [1.82, 2.24) is 14.4 Å². The number of hydrogen-bond acceptors (Lipinski definition) is 4. The lowest BCUT2D eigenvalue weighted by atomic mass is 10.1. The molecule has 0 aliphatic heterocycles. The Morgan fingerprint density at radius 1 is 0.931 bits per heavy atom. The van der Waals surface area contributed by atoms with E-state index in [2.05, 4.69) is 15.3 Å². The summed E-state index contributed by atoms with van der Waals surface area (Å²) >= 11 is 1.47. The van der Waals surface area contributed by atoms with Gasteiger partial charge in [-0.1, -0.05) is 30.3 Å². The third kappa shape index (κ3) is 3.15. The van der Waals surface area contributed by atoms with Crippen LogP contribution in [-0.4, -0.2) is 14.4 Å². The first-order valence-corrected chi connectivity index (χ1v) is 9.76. The van der Waals surface area contributed by atoms with Crippen molar-refractivity contribution >= 4 is 27.8 Å². The standard InChI is InChI=1S/C22H14F2N4S/c23-15-6-8-16(9-7-15)26-21-20(17-10-11-25-12-18(17)24)27-22-28(21)19(13-29-22)14-4-2-1-3-5-14/h1-13,26H. The monoisotopic (exact) mass is 404 g/mol. The molecule has 0 fully saturated rings. The summed E-state index contributed by atoms with van der Waals surface area (Å²) in [7, 11) is 0. The number of nitrogens with one attached hydrogen (secondary N) is 1. The topological polar surface area (TPSA) is 42.2 Å². The molecule has 3 heterocycles. The number of halogens is 2. The first kappa shape index (κ1) is 17.5. The van der Waals surface area contributed by atoms with Crippen LogP contribution in [0, 0.1) is 11.6 Å². The van der Waals surface area contributed by atoms with Crippen LogP contribution in [0.2, 0.25) is 0 Å². The maximum atomic E-state index is 14.5. The summed E-state index contributed by atoms with van der Waals surface area (Å²) in [6.45, 7) is 0. The average molecular weight is 404 g/mol. The fraction of sp³-hybridized carbons (Fsp3) is 0. The van der Waals surface area contributed by atoms with Gasteiger partial charge in [0, 0.05) is 22.8 Å². The quantitative estimate of drug-likeness (QED) is 0.391. The van der Waals surface area contributed by atoms with Gasteiger partial charge in [-0.2, -0.15) is 0 Å². The van der Waals surface area contributed by atoms with Gasteiger partial charge in [-0.25, -0.2) is 13.8 Å². The fourth-order valence-corrected chi connectivity index (χ4v) is 4.11. The third-order valence-electron chi connectivity index (χ3n) is 4.57.